The number of methoxy groups -OCH3 is 1. The molecule has 0 spiro atoms. The fraction of sp³-hybridized carbons (Fsp3) is 0.696. The second kappa shape index (κ2) is 14.4. The molecule has 2 N–H and O–H groups in total. The fourth-order valence-electron chi connectivity index (χ4n) is 3.75. The zero-order valence-electron chi connectivity index (χ0n) is 18.8. The highest BCUT2D eigenvalue weighted by atomic mass is 16.5. The smallest absolute Gasteiger partial charge is 0.191 e. The Morgan fingerprint density at radius 2 is 1.86 bits per heavy atom. The molecule has 1 fully saturated rings. The van der Waals surface area contributed by atoms with Crippen molar-refractivity contribution < 1.29 is 4.74 Å². The molecule has 0 radical (unpaired) electrons. The Morgan fingerprint density at radius 1 is 1.10 bits per heavy atom. The number of aliphatic imine (C=N–C) groups is 1. The predicted octanol–water partition coefficient (Wildman–Crippen LogP) is 2.70. The third-order valence-electron chi connectivity index (χ3n) is 5.45. The van der Waals surface area contributed by atoms with Gasteiger partial charge in [0, 0.05) is 53.5 Å². The van der Waals surface area contributed by atoms with Gasteiger partial charge >= 0.3 is 0 Å². The number of rotatable bonds is 11. The van der Waals surface area contributed by atoms with Crippen molar-refractivity contribution in [2.24, 2.45) is 4.99 Å². The van der Waals surface area contributed by atoms with Gasteiger partial charge in [0.1, 0.15) is 0 Å². The molecule has 164 valence electrons. The van der Waals surface area contributed by atoms with E-state index in [4.69, 9.17) is 4.74 Å². The molecule has 1 aromatic rings. The van der Waals surface area contributed by atoms with Crippen LogP contribution in [-0.4, -0.2) is 76.3 Å². The molecule has 0 amide bonds. The summed E-state index contributed by atoms with van der Waals surface area (Å²) < 4.78 is 5.11. The van der Waals surface area contributed by atoms with Crippen LogP contribution in [0.25, 0.3) is 0 Å². The predicted molar refractivity (Wildman–Crippen MR) is 122 cm³/mol. The lowest BCUT2D eigenvalue weighted by Crippen LogP contribution is -2.40. The van der Waals surface area contributed by atoms with Crippen molar-refractivity contribution in [1.29, 1.82) is 0 Å². The standard InChI is InChI=1S/C23H41N5O/c1-24-23(25-12-16-27(2)13-9-17-29-3)26-19-21-10-8-11-22(18-21)20-28-14-6-4-5-7-15-28/h8,10-11,18H,4-7,9,12-17,19-20H2,1-3H3,(H2,24,25,26). The fourth-order valence-corrected chi connectivity index (χ4v) is 3.75. The van der Waals surface area contributed by atoms with E-state index in [1.165, 1.54) is 49.9 Å². The molecule has 1 aliphatic heterocycles. The van der Waals surface area contributed by atoms with E-state index in [0.29, 0.717) is 0 Å². The van der Waals surface area contributed by atoms with Crippen LogP contribution in [0.3, 0.4) is 0 Å². The topological polar surface area (TPSA) is 52.1 Å². The maximum Gasteiger partial charge on any atom is 0.191 e. The van der Waals surface area contributed by atoms with Crippen molar-refractivity contribution in [3.8, 4) is 0 Å². The summed E-state index contributed by atoms with van der Waals surface area (Å²) in [5.74, 6) is 0.855. The van der Waals surface area contributed by atoms with Crippen LogP contribution in [0.4, 0.5) is 0 Å². The van der Waals surface area contributed by atoms with Gasteiger partial charge in [0.15, 0.2) is 5.96 Å². The Kier molecular flexibility index (Phi) is 11.7. The average Bonchev–Trinajstić information content (AvgIpc) is 2.99. The molecule has 0 saturated carbocycles. The largest absolute Gasteiger partial charge is 0.385 e. The summed E-state index contributed by atoms with van der Waals surface area (Å²) in [4.78, 5) is 9.26. The van der Waals surface area contributed by atoms with Crippen molar-refractivity contribution in [2.75, 3.05) is 60.5 Å². The van der Waals surface area contributed by atoms with Crippen molar-refractivity contribution in [1.82, 2.24) is 20.4 Å². The van der Waals surface area contributed by atoms with Crippen LogP contribution >= 0.6 is 0 Å². The van der Waals surface area contributed by atoms with Gasteiger partial charge in [-0.15, -0.1) is 0 Å². The summed E-state index contributed by atoms with van der Waals surface area (Å²) >= 11 is 0. The molecule has 1 aromatic carbocycles. The van der Waals surface area contributed by atoms with Gasteiger partial charge in [-0.05, 0) is 50.5 Å². The minimum absolute atomic E-state index is 0.789. The van der Waals surface area contributed by atoms with Gasteiger partial charge in [0.05, 0.1) is 0 Å². The lowest BCUT2D eigenvalue weighted by atomic mass is 10.1. The SMILES string of the molecule is CN=C(NCCN(C)CCCOC)NCc1cccc(CN2CCCCCC2)c1. The number of nitrogens with one attached hydrogen (secondary N) is 2. The van der Waals surface area contributed by atoms with Gasteiger partial charge in [-0.3, -0.25) is 9.89 Å². The zero-order chi connectivity index (χ0) is 20.7. The average molecular weight is 404 g/mol. The highest BCUT2D eigenvalue weighted by Crippen LogP contribution is 2.14. The minimum Gasteiger partial charge on any atom is -0.385 e. The maximum absolute atomic E-state index is 5.11. The van der Waals surface area contributed by atoms with Crippen molar-refractivity contribution >= 4 is 5.96 Å². The van der Waals surface area contributed by atoms with Crippen LogP contribution in [0.5, 0.6) is 0 Å². The Morgan fingerprint density at radius 3 is 2.59 bits per heavy atom. The molecule has 0 unspecified atom stereocenters. The molecule has 1 saturated heterocycles. The van der Waals surface area contributed by atoms with Gasteiger partial charge in [-0.1, -0.05) is 37.1 Å². The van der Waals surface area contributed by atoms with Crippen LogP contribution in [0.1, 0.15) is 43.2 Å². The van der Waals surface area contributed by atoms with Crippen molar-refractivity contribution in [3.63, 3.8) is 0 Å². The molecule has 29 heavy (non-hydrogen) atoms. The molecule has 2 rings (SSSR count). The summed E-state index contributed by atoms with van der Waals surface area (Å²) in [6.07, 6.45) is 6.51. The summed E-state index contributed by atoms with van der Waals surface area (Å²) in [6, 6.07) is 8.95. The molecular formula is C23H41N5O. The summed E-state index contributed by atoms with van der Waals surface area (Å²) in [5, 5.41) is 6.85. The molecular weight excluding hydrogens is 362 g/mol. The monoisotopic (exact) mass is 403 g/mol. The van der Waals surface area contributed by atoms with Gasteiger partial charge in [-0.2, -0.15) is 0 Å². The van der Waals surface area contributed by atoms with E-state index in [-0.39, 0.29) is 0 Å². The van der Waals surface area contributed by atoms with E-state index in [9.17, 15) is 0 Å². The number of benzene rings is 1. The van der Waals surface area contributed by atoms with Gasteiger partial charge in [0.25, 0.3) is 0 Å². The molecule has 1 heterocycles. The zero-order valence-corrected chi connectivity index (χ0v) is 18.8. The number of likely N-dealkylation sites (N-methyl/N-ethyl adjacent to an activating group) is 1. The highest BCUT2D eigenvalue weighted by Gasteiger charge is 2.09. The lowest BCUT2D eigenvalue weighted by Gasteiger charge is -2.20. The van der Waals surface area contributed by atoms with E-state index < -0.39 is 0 Å². The van der Waals surface area contributed by atoms with E-state index in [1.54, 1.807) is 7.11 Å². The molecule has 6 heteroatoms. The number of hydrogen-bond acceptors (Lipinski definition) is 4. The van der Waals surface area contributed by atoms with Gasteiger partial charge < -0.3 is 20.3 Å². The summed E-state index contributed by atoms with van der Waals surface area (Å²) in [5.41, 5.74) is 2.71. The highest BCUT2D eigenvalue weighted by molar-refractivity contribution is 5.79. The van der Waals surface area contributed by atoms with Crippen LogP contribution in [0.2, 0.25) is 0 Å². The third-order valence-corrected chi connectivity index (χ3v) is 5.45. The number of nitrogens with zero attached hydrogens (tertiary/aromatic N) is 3. The van der Waals surface area contributed by atoms with Crippen molar-refractivity contribution in [3.05, 3.63) is 35.4 Å². The Hall–Kier alpha value is -1.63. The summed E-state index contributed by atoms with van der Waals surface area (Å²) in [6.45, 7) is 8.04. The van der Waals surface area contributed by atoms with Crippen LogP contribution in [-0.2, 0) is 17.8 Å². The molecule has 0 bridgehead atoms. The van der Waals surface area contributed by atoms with E-state index in [2.05, 4.69) is 56.7 Å². The quantitative estimate of drug-likeness (QED) is 0.338. The molecule has 6 nitrogen and oxygen atoms in total. The normalized spacial score (nSPS) is 16.1. The number of ether oxygens (including phenoxy) is 1. The van der Waals surface area contributed by atoms with Crippen LogP contribution in [0.15, 0.2) is 29.3 Å². The Balaban J connectivity index is 1.71. The number of guanidine groups is 1. The number of hydrogen-bond donors (Lipinski definition) is 2. The third kappa shape index (κ3) is 10.1. The van der Waals surface area contributed by atoms with Crippen LogP contribution in [0, 0.1) is 0 Å². The molecule has 0 aliphatic carbocycles. The second-order valence-corrected chi connectivity index (χ2v) is 8.01. The minimum atomic E-state index is 0.789. The maximum atomic E-state index is 5.11. The number of likely N-dealkylation sites (tertiary alicyclic amines) is 1. The first-order valence-corrected chi connectivity index (χ1v) is 11.1. The molecule has 1 aliphatic rings. The first-order valence-electron chi connectivity index (χ1n) is 11.1. The van der Waals surface area contributed by atoms with E-state index >= 15 is 0 Å². The second-order valence-electron chi connectivity index (χ2n) is 8.01. The first kappa shape index (κ1) is 23.6. The van der Waals surface area contributed by atoms with Gasteiger partial charge in [-0.25, -0.2) is 0 Å². The van der Waals surface area contributed by atoms with Crippen molar-refractivity contribution in [2.45, 2.75) is 45.2 Å². The van der Waals surface area contributed by atoms with Crippen LogP contribution < -0.4 is 10.6 Å². The van der Waals surface area contributed by atoms with E-state index in [1.807, 2.05) is 7.05 Å². The first-order chi connectivity index (χ1) is 14.2. The van der Waals surface area contributed by atoms with Gasteiger partial charge in [0.2, 0.25) is 0 Å². The lowest BCUT2D eigenvalue weighted by molar-refractivity contribution is 0.180. The van der Waals surface area contributed by atoms with E-state index in [0.717, 1.165) is 51.7 Å². The Labute approximate surface area is 177 Å². The molecule has 0 atom stereocenters. The summed E-state index contributed by atoms with van der Waals surface area (Å²) in [7, 11) is 5.72. The molecule has 0 aromatic heterocycles. The Bertz CT molecular complexity index is 584.